The van der Waals surface area contributed by atoms with Crippen LogP contribution in [0.15, 0.2) is 54.0 Å². The maximum Gasteiger partial charge on any atom is 0.163 e. The first kappa shape index (κ1) is 21.0. The van der Waals surface area contributed by atoms with Crippen LogP contribution in [0.4, 0.5) is 11.4 Å². The Morgan fingerprint density at radius 3 is 2.52 bits per heavy atom. The summed E-state index contributed by atoms with van der Waals surface area (Å²) in [5.74, 6) is 1.24. The number of anilines is 2. The predicted octanol–water partition coefficient (Wildman–Crippen LogP) is 7.03. The molecule has 5 nitrogen and oxygen atoms in total. The first-order chi connectivity index (χ1) is 15.1. The molecule has 0 bridgehead atoms. The molecule has 0 radical (unpaired) electrons. The van der Waals surface area contributed by atoms with Gasteiger partial charge in [0.05, 0.1) is 35.0 Å². The minimum Gasteiger partial charge on any atom is -0.490 e. The van der Waals surface area contributed by atoms with Gasteiger partial charge in [-0.05, 0) is 49.6 Å². The van der Waals surface area contributed by atoms with Crippen LogP contribution in [-0.4, -0.2) is 18.2 Å². The molecule has 7 heteroatoms. The number of fused-ring (bicyclic) bond motifs is 1. The lowest BCUT2D eigenvalue weighted by Gasteiger charge is -2.16. The molecule has 0 spiro atoms. The third-order valence-electron chi connectivity index (χ3n) is 4.68. The van der Waals surface area contributed by atoms with E-state index in [2.05, 4.69) is 16.4 Å². The number of ether oxygens (including phenoxy) is 2. The van der Waals surface area contributed by atoms with Crippen LogP contribution in [0.1, 0.15) is 19.4 Å². The topological polar surface area (TPSA) is 67.2 Å². The zero-order chi connectivity index (χ0) is 21.8. The number of nitriles is 1. The van der Waals surface area contributed by atoms with Gasteiger partial charge in [-0.2, -0.15) is 5.26 Å². The van der Waals surface area contributed by atoms with Crippen molar-refractivity contribution in [2.45, 2.75) is 13.8 Å². The molecule has 0 fully saturated rings. The van der Waals surface area contributed by atoms with E-state index in [9.17, 15) is 5.26 Å². The lowest BCUT2D eigenvalue weighted by Crippen LogP contribution is -2.01. The molecule has 0 aliphatic carbocycles. The van der Waals surface area contributed by atoms with Crippen LogP contribution in [0.25, 0.3) is 21.3 Å². The van der Waals surface area contributed by atoms with Gasteiger partial charge in [-0.1, -0.05) is 17.7 Å². The SMILES string of the molecule is CCOc1cc2ncc(C#N)c(Nc3ccc(-c4cccs4)c(Cl)c3)c2cc1OCC. The van der Waals surface area contributed by atoms with E-state index in [1.54, 1.807) is 17.5 Å². The first-order valence-electron chi connectivity index (χ1n) is 9.87. The summed E-state index contributed by atoms with van der Waals surface area (Å²) in [5, 5.41) is 16.5. The van der Waals surface area contributed by atoms with Gasteiger partial charge in [0.25, 0.3) is 0 Å². The Labute approximate surface area is 189 Å². The highest BCUT2D eigenvalue weighted by Crippen LogP contribution is 2.39. The van der Waals surface area contributed by atoms with Gasteiger partial charge in [0.1, 0.15) is 6.07 Å². The Morgan fingerprint density at radius 2 is 1.87 bits per heavy atom. The molecule has 2 aromatic carbocycles. The second-order valence-corrected chi connectivity index (χ2v) is 7.99. The van der Waals surface area contributed by atoms with Gasteiger partial charge in [0.15, 0.2) is 11.5 Å². The number of nitrogens with one attached hydrogen (secondary N) is 1. The van der Waals surface area contributed by atoms with Crippen LogP contribution in [0.5, 0.6) is 11.5 Å². The van der Waals surface area contributed by atoms with Crippen LogP contribution in [0, 0.1) is 11.3 Å². The molecule has 0 unspecified atom stereocenters. The highest BCUT2D eigenvalue weighted by atomic mass is 35.5. The molecular weight excluding hydrogens is 430 g/mol. The zero-order valence-corrected chi connectivity index (χ0v) is 18.7. The Hall–Kier alpha value is -3.27. The fourth-order valence-corrected chi connectivity index (χ4v) is 4.43. The highest BCUT2D eigenvalue weighted by molar-refractivity contribution is 7.13. The molecule has 31 heavy (non-hydrogen) atoms. The van der Waals surface area contributed by atoms with E-state index in [0.29, 0.717) is 46.5 Å². The number of benzene rings is 2. The van der Waals surface area contributed by atoms with Crippen molar-refractivity contribution < 1.29 is 9.47 Å². The van der Waals surface area contributed by atoms with Crippen molar-refractivity contribution in [3.8, 4) is 28.0 Å². The molecule has 0 aliphatic rings. The molecule has 4 rings (SSSR count). The molecule has 4 aromatic rings. The van der Waals surface area contributed by atoms with E-state index in [-0.39, 0.29) is 0 Å². The van der Waals surface area contributed by atoms with Gasteiger partial charge in [-0.25, -0.2) is 0 Å². The van der Waals surface area contributed by atoms with Gasteiger partial charge in [0.2, 0.25) is 0 Å². The van der Waals surface area contributed by atoms with Crippen molar-refractivity contribution in [1.82, 2.24) is 4.98 Å². The summed E-state index contributed by atoms with van der Waals surface area (Å²) in [5.41, 5.74) is 3.53. The Bertz CT molecular complexity index is 1270. The number of thiophene rings is 1. The highest BCUT2D eigenvalue weighted by Gasteiger charge is 2.15. The van der Waals surface area contributed by atoms with E-state index < -0.39 is 0 Å². The van der Waals surface area contributed by atoms with Gasteiger partial charge < -0.3 is 14.8 Å². The Kier molecular flexibility index (Phi) is 6.26. The molecule has 0 saturated heterocycles. The summed E-state index contributed by atoms with van der Waals surface area (Å²) >= 11 is 8.19. The molecule has 2 aromatic heterocycles. The number of hydrogen-bond acceptors (Lipinski definition) is 6. The third-order valence-corrected chi connectivity index (χ3v) is 5.89. The second-order valence-electron chi connectivity index (χ2n) is 6.64. The first-order valence-corrected chi connectivity index (χ1v) is 11.1. The molecule has 0 amide bonds. The second kappa shape index (κ2) is 9.25. The summed E-state index contributed by atoms with van der Waals surface area (Å²) in [6, 6.07) is 15.7. The van der Waals surface area contributed by atoms with Crippen molar-refractivity contribution in [2.24, 2.45) is 0 Å². The number of rotatable bonds is 7. The lowest BCUT2D eigenvalue weighted by molar-refractivity contribution is 0.288. The number of halogens is 1. The van der Waals surface area contributed by atoms with Crippen molar-refractivity contribution >= 4 is 45.2 Å². The molecule has 0 aliphatic heterocycles. The van der Waals surface area contributed by atoms with Crippen LogP contribution in [0.3, 0.4) is 0 Å². The third kappa shape index (κ3) is 4.29. The zero-order valence-electron chi connectivity index (χ0n) is 17.1. The van der Waals surface area contributed by atoms with E-state index in [0.717, 1.165) is 21.5 Å². The summed E-state index contributed by atoms with van der Waals surface area (Å²) < 4.78 is 11.5. The minimum atomic E-state index is 0.428. The smallest absolute Gasteiger partial charge is 0.163 e. The van der Waals surface area contributed by atoms with E-state index in [1.165, 1.54) is 0 Å². The quantitative estimate of drug-likeness (QED) is 0.328. The predicted molar refractivity (Wildman–Crippen MR) is 127 cm³/mol. The molecule has 0 saturated carbocycles. The summed E-state index contributed by atoms with van der Waals surface area (Å²) in [4.78, 5) is 5.55. The average molecular weight is 450 g/mol. The number of nitrogens with zero attached hydrogens (tertiary/aromatic N) is 2. The molecular formula is C24H20ClN3O2S. The van der Waals surface area contributed by atoms with Crippen molar-refractivity contribution in [3.63, 3.8) is 0 Å². The molecule has 2 heterocycles. The van der Waals surface area contributed by atoms with Gasteiger partial charge in [-0.15, -0.1) is 11.3 Å². The van der Waals surface area contributed by atoms with E-state index in [4.69, 9.17) is 21.1 Å². The van der Waals surface area contributed by atoms with Crippen LogP contribution < -0.4 is 14.8 Å². The molecule has 0 atom stereocenters. The van der Waals surface area contributed by atoms with Crippen LogP contribution in [-0.2, 0) is 0 Å². The summed E-state index contributed by atoms with van der Waals surface area (Å²) in [6.45, 7) is 4.85. The summed E-state index contributed by atoms with van der Waals surface area (Å²) in [6.07, 6.45) is 1.56. The van der Waals surface area contributed by atoms with Gasteiger partial charge in [-0.3, -0.25) is 4.98 Å². The maximum atomic E-state index is 9.68. The standard InChI is InChI=1S/C24H20ClN3O2S/c1-3-29-21-11-18-20(12-22(21)30-4-2)27-14-15(13-26)24(18)28-16-7-8-17(19(25)10-16)23-6-5-9-31-23/h5-12,14H,3-4H2,1-2H3,(H,27,28). The van der Waals surface area contributed by atoms with Crippen LogP contribution >= 0.6 is 22.9 Å². The Morgan fingerprint density at radius 1 is 1.10 bits per heavy atom. The lowest BCUT2D eigenvalue weighted by atomic mass is 10.1. The van der Waals surface area contributed by atoms with Crippen molar-refractivity contribution in [1.29, 1.82) is 5.26 Å². The average Bonchev–Trinajstić information content (AvgIpc) is 3.30. The fourth-order valence-electron chi connectivity index (χ4n) is 3.32. The Balaban J connectivity index is 1.79. The maximum absolute atomic E-state index is 9.68. The normalized spacial score (nSPS) is 10.6. The van der Waals surface area contributed by atoms with Crippen molar-refractivity contribution in [2.75, 3.05) is 18.5 Å². The molecule has 1 N–H and O–H groups in total. The minimum absolute atomic E-state index is 0.428. The largest absolute Gasteiger partial charge is 0.490 e. The van der Waals surface area contributed by atoms with E-state index >= 15 is 0 Å². The fraction of sp³-hybridized carbons (Fsp3) is 0.167. The van der Waals surface area contributed by atoms with E-state index in [1.807, 2.05) is 61.7 Å². The number of pyridine rings is 1. The monoisotopic (exact) mass is 449 g/mol. The van der Waals surface area contributed by atoms with Gasteiger partial charge in [0, 0.05) is 33.8 Å². The number of aromatic nitrogens is 1. The molecule has 156 valence electrons. The number of hydrogen-bond donors (Lipinski definition) is 1. The van der Waals surface area contributed by atoms with Crippen molar-refractivity contribution in [3.05, 3.63) is 64.6 Å². The summed E-state index contributed by atoms with van der Waals surface area (Å²) in [7, 11) is 0. The van der Waals surface area contributed by atoms with Crippen LogP contribution in [0.2, 0.25) is 5.02 Å². The van der Waals surface area contributed by atoms with Gasteiger partial charge >= 0.3 is 0 Å².